The standard InChI is InChI=1S/C10H8BrIN2O/c11-8-2-1-6(12)3-7(8)10-9(4-13)14-5-15-10/h1-3,5H,4,13H2. The molecule has 0 spiro atoms. The van der Waals surface area contributed by atoms with Crippen LogP contribution in [0.5, 0.6) is 0 Å². The van der Waals surface area contributed by atoms with Crippen molar-refractivity contribution in [1.82, 2.24) is 4.98 Å². The van der Waals surface area contributed by atoms with E-state index in [4.69, 9.17) is 10.2 Å². The van der Waals surface area contributed by atoms with Crippen LogP contribution in [0, 0.1) is 3.57 Å². The summed E-state index contributed by atoms with van der Waals surface area (Å²) in [5.74, 6) is 0.739. The van der Waals surface area contributed by atoms with Crippen LogP contribution in [0.15, 0.2) is 33.5 Å². The van der Waals surface area contributed by atoms with Crippen LogP contribution >= 0.6 is 38.5 Å². The predicted octanol–water partition coefficient (Wildman–Crippen LogP) is 3.17. The predicted molar refractivity (Wildman–Crippen MR) is 70.2 cm³/mol. The fourth-order valence-electron chi connectivity index (χ4n) is 1.31. The highest BCUT2D eigenvalue weighted by atomic mass is 127. The molecule has 0 aliphatic heterocycles. The van der Waals surface area contributed by atoms with Crippen molar-refractivity contribution in [1.29, 1.82) is 0 Å². The molecule has 0 amide bonds. The van der Waals surface area contributed by atoms with Crippen molar-refractivity contribution in [3.63, 3.8) is 0 Å². The number of halogens is 2. The molecule has 2 aromatic rings. The first kappa shape index (κ1) is 11.1. The first-order valence-corrected chi connectivity index (χ1v) is 6.17. The zero-order valence-electron chi connectivity index (χ0n) is 7.71. The van der Waals surface area contributed by atoms with Gasteiger partial charge in [-0.2, -0.15) is 0 Å². The molecule has 0 unspecified atom stereocenters. The van der Waals surface area contributed by atoms with Crippen molar-refractivity contribution in [2.45, 2.75) is 6.54 Å². The highest BCUT2D eigenvalue weighted by Gasteiger charge is 2.12. The average Bonchev–Trinajstić information content (AvgIpc) is 2.69. The second kappa shape index (κ2) is 4.63. The minimum atomic E-state index is 0.379. The Morgan fingerprint density at radius 3 is 3.00 bits per heavy atom. The number of rotatable bonds is 2. The van der Waals surface area contributed by atoms with Crippen LogP contribution in [0.4, 0.5) is 0 Å². The Morgan fingerprint density at radius 1 is 1.47 bits per heavy atom. The van der Waals surface area contributed by atoms with Crippen molar-refractivity contribution in [2.24, 2.45) is 5.73 Å². The van der Waals surface area contributed by atoms with E-state index in [9.17, 15) is 0 Å². The Balaban J connectivity index is 2.58. The van der Waals surface area contributed by atoms with E-state index in [1.165, 1.54) is 6.39 Å². The van der Waals surface area contributed by atoms with Gasteiger partial charge in [0, 0.05) is 20.2 Å². The van der Waals surface area contributed by atoms with Gasteiger partial charge >= 0.3 is 0 Å². The lowest BCUT2D eigenvalue weighted by atomic mass is 10.1. The number of hydrogen-bond donors (Lipinski definition) is 1. The maximum Gasteiger partial charge on any atom is 0.181 e. The lowest BCUT2D eigenvalue weighted by Gasteiger charge is -2.03. The maximum atomic E-state index is 5.58. The molecule has 0 bridgehead atoms. The largest absolute Gasteiger partial charge is 0.443 e. The van der Waals surface area contributed by atoms with Gasteiger partial charge in [-0.1, -0.05) is 15.9 Å². The quantitative estimate of drug-likeness (QED) is 0.816. The number of hydrogen-bond acceptors (Lipinski definition) is 3. The molecule has 0 saturated carbocycles. The number of oxazole rings is 1. The van der Waals surface area contributed by atoms with E-state index >= 15 is 0 Å². The first-order chi connectivity index (χ1) is 7.22. The summed E-state index contributed by atoms with van der Waals surface area (Å²) in [5, 5.41) is 0. The van der Waals surface area contributed by atoms with Gasteiger partial charge in [0.05, 0.1) is 0 Å². The van der Waals surface area contributed by atoms with E-state index in [1.54, 1.807) is 0 Å². The van der Waals surface area contributed by atoms with Crippen LogP contribution in [-0.2, 0) is 6.54 Å². The Labute approximate surface area is 109 Å². The van der Waals surface area contributed by atoms with Crippen molar-refractivity contribution in [3.05, 3.63) is 38.3 Å². The van der Waals surface area contributed by atoms with Gasteiger partial charge in [-0.05, 0) is 40.8 Å². The number of nitrogens with zero attached hydrogens (tertiary/aromatic N) is 1. The van der Waals surface area contributed by atoms with Crippen molar-refractivity contribution in [3.8, 4) is 11.3 Å². The Kier molecular flexibility index (Phi) is 3.42. The lowest BCUT2D eigenvalue weighted by molar-refractivity contribution is 0.570. The van der Waals surface area contributed by atoms with Crippen molar-refractivity contribution < 1.29 is 4.42 Å². The fraction of sp³-hybridized carbons (Fsp3) is 0.100. The lowest BCUT2D eigenvalue weighted by Crippen LogP contribution is -1.98. The molecule has 0 fully saturated rings. The zero-order chi connectivity index (χ0) is 10.8. The summed E-state index contributed by atoms with van der Waals surface area (Å²) in [7, 11) is 0. The second-order valence-electron chi connectivity index (χ2n) is 2.96. The molecule has 3 nitrogen and oxygen atoms in total. The molecular weight excluding hydrogens is 371 g/mol. The van der Waals surface area contributed by atoms with Gasteiger partial charge in [0.15, 0.2) is 12.2 Å². The minimum absolute atomic E-state index is 0.379. The molecule has 78 valence electrons. The van der Waals surface area contributed by atoms with E-state index in [1.807, 2.05) is 18.2 Å². The molecule has 0 atom stereocenters. The highest BCUT2D eigenvalue weighted by molar-refractivity contribution is 14.1. The van der Waals surface area contributed by atoms with Gasteiger partial charge in [-0.3, -0.25) is 0 Å². The highest BCUT2D eigenvalue weighted by Crippen LogP contribution is 2.31. The maximum absolute atomic E-state index is 5.58. The molecule has 0 saturated heterocycles. The summed E-state index contributed by atoms with van der Waals surface area (Å²) in [6.45, 7) is 0.379. The second-order valence-corrected chi connectivity index (χ2v) is 5.06. The summed E-state index contributed by atoms with van der Waals surface area (Å²) < 4.78 is 7.48. The molecule has 2 rings (SSSR count). The third kappa shape index (κ3) is 2.24. The summed E-state index contributed by atoms with van der Waals surface area (Å²) in [6.07, 6.45) is 1.42. The van der Waals surface area contributed by atoms with E-state index in [-0.39, 0.29) is 0 Å². The van der Waals surface area contributed by atoms with Gasteiger partial charge in [0.1, 0.15) is 5.69 Å². The van der Waals surface area contributed by atoms with Gasteiger partial charge in [0.25, 0.3) is 0 Å². The zero-order valence-corrected chi connectivity index (χ0v) is 11.4. The average molecular weight is 379 g/mol. The number of nitrogens with two attached hydrogens (primary N) is 1. The Bertz CT molecular complexity index is 484. The Morgan fingerprint density at radius 2 is 2.27 bits per heavy atom. The molecule has 0 aliphatic carbocycles. The van der Waals surface area contributed by atoms with Gasteiger partial charge < -0.3 is 10.2 Å². The van der Waals surface area contributed by atoms with E-state index in [0.29, 0.717) is 6.54 Å². The van der Waals surface area contributed by atoms with Crippen LogP contribution in [0.25, 0.3) is 11.3 Å². The van der Waals surface area contributed by atoms with E-state index < -0.39 is 0 Å². The third-order valence-corrected chi connectivity index (χ3v) is 3.37. The SMILES string of the molecule is NCc1ncoc1-c1cc(I)ccc1Br. The van der Waals surface area contributed by atoms with Crippen LogP contribution in [-0.4, -0.2) is 4.98 Å². The first-order valence-electron chi connectivity index (χ1n) is 4.30. The molecule has 1 aromatic heterocycles. The molecule has 1 aromatic carbocycles. The van der Waals surface area contributed by atoms with E-state index in [2.05, 4.69) is 43.5 Å². The van der Waals surface area contributed by atoms with Gasteiger partial charge in [-0.25, -0.2) is 4.98 Å². The van der Waals surface area contributed by atoms with Crippen LogP contribution in [0.3, 0.4) is 0 Å². The van der Waals surface area contributed by atoms with Gasteiger partial charge in [0.2, 0.25) is 0 Å². The van der Waals surface area contributed by atoms with Gasteiger partial charge in [-0.15, -0.1) is 0 Å². The topological polar surface area (TPSA) is 52.0 Å². The molecule has 0 aliphatic rings. The van der Waals surface area contributed by atoms with E-state index in [0.717, 1.165) is 25.1 Å². The van der Waals surface area contributed by atoms with Crippen molar-refractivity contribution in [2.75, 3.05) is 0 Å². The summed E-state index contributed by atoms with van der Waals surface area (Å²) in [5.41, 5.74) is 7.34. The molecule has 0 radical (unpaired) electrons. The van der Waals surface area contributed by atoms with Crippen LogP contribution in [0.1, 0.15) is 5.69 Å². The van der Waals surface area contributed by atoms with Crippen LogP contribution in [0.2, 0.25) is 0 Å². The summed E-state index contributed by atoms with van der Waals surface area (Å²) in [4.78, 5) is 4.07. The normalized spacial score (nSPS) is 10.6. The van der Waals surface area contributed by atoms with Crippen molar-refractivity contribution >= 4 is 38.5 Å². The minimum Gasteiger partial charge on any atom is -0.443 e. The van der Waals surface area contributed by atoms with Crippen LogP contribution < -0.4 is 5.73 Å². The molecule has 5 heteroatoms. The smallest absolute Gasteiger partial charge is 0.181 e. The number of aromatic nitrogens is 1. The molecule has 1 heterocycles. The molecule has 2 N–H and O–H groups in total. The summed E-state index contributed by atoms with van der Waals surface area (Å²) in [6, 6.07) is 6.04. The Hall–Kier alpha value is -0.400. The number of benzene rings is 1. The summed E-state index contributed by atoms with van der Waals surface area (Å²) >= 11 is 5.74. The molecule has 15 heavy (non-hydrogen) atoms. The fourth-order valence-corrected chi connectivity index (χ4v) is 2.22. The molecular formula is C10H8BrIN2O. The monoisotopic (exact) mass is 378 g/mol. The third-order valence-electron chi connectivity index (χ3n) is 2.01.